The van der Waals surface area contributed by atoms with Crippen LogP contribution in [-0.4, -0.2) is 75.8 Å². The molecule has 2 heterocycles. The second kappa shape index (κ2) is 15.1. The summed E-state index contributed by atoms with van der Waals surface area (Å²) in [5.41, 5.74) is 0.966. The highest BCUT2D eigenvalue weighted by molar-refractivity contribution is 6.38. The van der Waals surface area contributed by atoms with Crippen LogP contribution in [0.15, 0.2) is 66.9 Å². The topological polar surface area (TPSA) is 141 Å². The molecule has 1 aromatic heterocycles. The predicted octanol–water partition coefficient (Wildman–Crippen LogP) is 4.38. The Bertz CT molecular complexity index is 1660. The quantitative estimate of drug-likeness (QED) is 0.165. The molecule has 12 heteroatoms. The summed E-state index contributed by atoms with van der Waals surface area (Å²) in [6, 6.07) is 13.5. The summed E-state index contributed by atoms with van der Waals surface area (Å²) in [7, 11) is 0. The molecule has 0 radical (unpaired) electrons. The fourth-order valence-electron chi connectivity index (χ4n) is 7.29. The van der Waals surface area contributed by atoms with Gasteiger partial charge in [-0.3, -0.25) is 29.5 Å². The van der Waals surface area contributed by atoms with Gasteiger partial charge in [0.1, 0.15) is 12.3 Å². The number of pyridine rings is 1. The average molecular weight is 678 g/mol. The summed E-state index contributed by atoms with van der Waals surface area (Å²) >= 11 is 0. The largest absolute Gasteiger partial charge is 0.376 e. The van der Waals surface area contributed by atoms with E-state index in [0.29, 0.717) is 29.4 Å². The van der Waals surface area contributed by atoms with Gasteiger partial charge in [-0.15, -0.1) is 0 Å². The lowest BCUT2D eigenvalue weighted by atomic mass is 9.85. The van der Waals surface area contributed by atoms with Gasteiger partial charge in [-0.1, -0.05) is 75.7 Å². The second-order valence-corrected chi connectivity index (χ2v) is 14.2. The van der Waals surface area contributed by atoms with Crippen molar-refractivity contribution < 1.29 is 33.1 Å². The first-order valence-corrected chi connectivity index (χ1v) is 16.8. The van der Waals surface area contributed by atoms with Crippen molar-refractivity contribution in [3.8, 4) is 0 Å². The van der Waals surface area contributed by atoms with E-state index in [2.05, 4.69) is 20.9 Å². The van der Waals surface area contributed by atoms with Crippen molar-refractivity contribution >= 4 is 34.4 Å². The molecule has 10 nitrogen and oxygen atoms in total. The highest BCUT2D eigenvalue weighted by Crippen LogP contribution is 2.44. The van der Waals surface area contributed by atoms with Crippen LogP contribution in [-0.2, 0) is 14.4 Å². The summed E-state index contributed by atoms with van der Waals surface area (Å²) in [6.45, 7) is 7.46. The third-order valence-corrected chi connectivity index (χ3v) is 9.81. The number of halogens is 2. The molecule has 1 saturated heterocycles. The minimum Gasteiger partial charge on any atom is -0.376 e. The van der Waals surface area contributed by atoms with Crippen LogP contribution >= 0.6 is 0 Å². The normalized spacial score (nSPS) is 21.6. The molecule has 3 aromatic rings. The zero-order valence-corrected chi connectivity index (χ0v) is 28.2. The zero-order chi connectivity index (χ0) is 35.5. The number of carbonyl (C=O) groups is 4. The number of nitrogens with zero attached hydrogens (tertiary/aromatic N) is 2. The number of amides is 3. The molecule has 2 unspecified atom stereocenters. The first kappa shape index (κ1) is 36.0. The van der Waals surface area contributed by atoms with Crippen LogP contribution in [0, 0.1) is 17.3 Å². The lowest BCUT2D eigenvalue weighted by Crippen LogP contribution is -2.61. The van der Waals surface area contributed by atoms with Crippen LogP contribution in [0.25, 0.3) is 10.9 Å². The van der Waals surface area contributed by atoms with Crippen molar-refractivity contribution in [3.63, 3.8) is 0 Å². The highest BCUT2D eigenvalue weighted by Gasteiger charge is 2.52. The van der Waals surface area contributed by atoms with E-state index in [9.17, 15) is 33.1 Å². The van der Waals surface area contributed by atoms with Gasteiger partial charge in [-0.2, -0.15) is 0 Å². The summed E-state index contributed by atoms with van der Waals surface area (Å²) in [5.74, 6) is -3.19. The van der Waals surface area contributed by atoms with E-state index in [1.165, 1.54) is 11.1 Å². The lowest BCUT2D eigenvalue weighted by Gasteiger charge is -2.39. The van der Waals surface area contributed by atoms with Gasteiger partial charge >= 0.3 is 0 Å². The van der Waals surface area contributed by atoms with Crippen molar-refractivity contribution in [2.24, 2.45) is 17.3 Å². The molecule has 262 valence electrons. The van der Waals surface area contributed by atoms with E-state index in [4.69, 9.17) is 0 Å². The van der Waals surface area contributed by atoms with Crippen LogP contribution in [0.1, 0.15) is 75.3 Å². The molecular formula is C37H45F2N5O5. The number of aromatic nitrogens is 1. The molecule has 2 aromatic carbocycles. The number of benzene rings is 2. The molecule has 49 heavy (non-hydrogen) atoms. The van der Waals surface area contributed by atoms with E-state index >= 15 is 0 Å². The maximum Gasteiger partial charge on any atom is 0.289 e. The Morgan fingerprint density at radius 2 is 1.67 bits per heavy atom. The number of likely N-dealkylation sites (tertiary alicyclic amines) is 1. The SMILES string of the molecule is C[C@H](NC(=O)C(=O)C(CC(F)F)NC(O)[C@@H]1[C@H]2CCC[C@H]2CN1C(=O)[C@@H](NC(=O)c1ccnc2ccccc12)C(C)(C)C)c1ccccc1. The van der Waals surface area contributed by atoms with Gasteiger partial charge in [-0.25, -0.2) is 8.78 Å². The number of aliphatic hydroxyl groups is 1. The maximum absolute atomic E-state index is 14.4. The Kier molecular flexibility index (Phi) is 11.1. The molecular weight excluding hydrogens is 632 g/mol. The highest BCUT2D eigenvalue weighted by atomic mass is 19.3. The smallest absolute Gasteiger partial charge is 0.289 e. The number of alkyl halides is 2. The summed E-state index contributed by atoms with van der Waals surface area (Å²) < 4.78 is 27.5. The van der Waals surface area contributed by atoms with Gasteiger partial charge in [-0.05, 0) is 54.7 Å². The number of hydrogen-bond donors (Lipinski definition) is 4. The monoisotopic (exact) mass is 677 g/mol. The van der Waals surface area contributed by atoms with Crippen molar-refractivity contribution in [2.75, 3.05) is 6.54 Å². The molecule has 4 N–H and O–H groups in total. The van der Waals surface area contributed by atoms with E-state index in [1.54, 1.807) is 61.5 Å². The van der Waals surface area contributed by atoms with Gasteiger partial charge in [0.15, 0.2) is 0 Å². The van der Waals surface area contributed by atoms with Gasteiger partial charge in [0.2, 0.25) is 18.1 Å². The Morgan fingerprint density at radius 3 is 2.37 bits per heavy atom. The fraction of sp³-hybridized carbons (Fsp3) is 0.486. The van der Waals surface area contributed by atoms with Crippen molar-refractivity contribution in [1.29, 1.82) is 0 Å². The third kappa shape index (κ3) is 8.13. The molecule has 1 saturated carbocycles. The van der Waals surface area contributed by atoms with Crippen LogP contribution in [0.3, 0.4) is 0 Å². The van der Waals surface area contributed by atoms with E-state index in [0.717, 1.165) is 18.4 Å². The maximum atomic E-state index is 14.4. The van der Waals surface area contributed by atoms with Gasteiger partial charge < -0.3 is 20.6 Å². The molecule has 0 spiro atoms. The number of para-hydroxylation sites is 1. The Morgan fingerprint density at radius 1 is 0.980 bits per heavy atom. The number of hydrogen-bond acceptors (Lipinski definition) is 7. The standard InChI is InChI=1S/C37H45F2N5O5/c1-21(22-11-6-5-7-12-22)41-35(48)31(45)28(19-29(38)39)42-34(47)30-24-15-10-13-23(24)20-44(30)36(49)32(37(2,3)4)43-33(46)26-17-18-40-27-16-9-8-14-25(26)27/h5-9,11-12,14,16-18,21,23-24,28-30,32,34,42,47H,10,13,15,19-20H2,1-4H3,(H,41,48)(H,43,46)/t21-,23-,24-,28?,30-,32+,34?/m0/s1. The Hall–Kier alpha value is -4.29. The first-order chi connectivity index (χ1) is 23.3. The van der Waals surface area contributed by atoms with E-state index < -0.39 is 72.2 Å². The second-order valence-electron chi connectivity index (χ2n) is 14.2. The minimum atomic E-state index is -2.95. The number of rotatable bonds is 12. The van der Waals surface area contributed by atoms with Crippen molar-refractivity contribution in [1.82, 2.24) is 25.8 Å². The van der Waals surface area contributed by atoms with Crippen LogP contribution in [0.4, 0.5) is 8.78 Å². The van der Waals surface area contributed by atoms with Crippen LogP contribution < -0.4 is 16.0 Å². The van der Waals surface area contributed by atoms with Gasteiger partial charge in [0.05, 0.1) is 29.2 Å². The number of Topliss-reactive ketones (excluding diaryl/α,β-unsaturated/α-hetero) is 1. The van der Waals surface area contributed by atoms with Crippen LogP contribution in [0.5, 0.6) is 0 Å². The summed E-state index contributed by atoms with van der Waals surface area (Å²) in [4.78, 5) is 60.2. The predicted molar refractivity (Wildman–Crippen MR) is 180 cm³/mol. The third-order valence-electron chi connectivity index (χ3n) is 9.81. The average Bonchev–Trinajstić information content (AvgIpc) is 3.67. The minimum absolute atomic E-state index is 0.0464. The lowest BCUT2D eigenvalue weighted by molar-refractivity contribution is -0.143. The number of aliphatic hydroxyl groups excluding tert-OH is 1. The molecule has 3 amide bonds. The number of fused-ring (bicyclic) bond motifs is 2. The molecule has 7 atom stereocenters. The van der Waals surface area contributed by atoms with Gasteiger partial charge in [0, 0.05) is 24.5 Å². The van der Waals surface area contributed by atoms with Crippen molar-refractivity contribution in [2.45, 2.75) is 90.2 Å². The summed E-state index contributed by atoms with van der Waals surface area (Å²) in [6.07, 6.45) is -1.64. The van der Waals surface area contributed by atoms with E-state index in [1.807, 2.05) is 26.8 Å². The Labute approximate surface area is 285 Å². The zero-order valence-electron chi connectivity index (χ0n) is 28.2. The summed E-state index contributed by atoms with van der Waals surface area (Å²) in [5, 5.41) is 20.4. The number of nitrogens with one attached hydrogen (secondary N) is 3. The van der Waals surface area contributed by atoms with Gasteiger partial charge in [0.25, 0.3) is 11.8 Å². The number of carbonyl (C=O) groups excluding carboxylic acids is 4. The fourth-order valence-corrected chi connectivity index (χ4v) is 7.29. The number of ketones is 1. The molecule has 1 aliphatic heterocycles. The molecule has 2 fully saturated rings. The first-order valence-electron chi connectivity index (χ1n) is 16.8. The molecule has 2 aliphatic rings. The Balaban J connectivity index is 1.36. The molecule has 1 aliphatic carbocycles. The van der Waals surface area contributed by atoms with Crippen LogP contribution in [0.2, 0.25) is 0 Å². The molecule has 0 bridgehead atoms. The van der Waals surface area contributed by atoms with E-state index in [-0.39, 0.29) is 11.8 Å². The molecule has 5 rings (SSSR count). The van der Waals surface area contributed by atoms with Crippen molar-refractivity contribution in [3.05, 3.63) is 78.0 Å².